The lowest BCUT2D eigenvalue weighted by Crippen LogP contribution is -2.63. The van der Waals surface area contributed by atoms with Crippen molar-refractivity contribution < 1.29 is 19.8 Å². The Balaban J connectivity index is 0.000000147. The first-order chi connectivity index (χ1) is 21.7. The molecule has 258 valence electrons. The summed E-state index contributed by atoms with van der Waals surface area (Å²) in [6.07, 6.45) is 23.0. The second-order valence-electron chi connectivity index (χ2n) is 19.1. The van der Waals surface area contributed by atoms with E-state index in [-0.39, 0.29) is 16.2 Å². The molecule has 4 nitrogen and oxygen atoms in total. The van der Waals surface area contributed by atoms with Gasteiger partial charge in [-0.15, -0.1) is 0 Å². The van der Waals surface area contributed by atoms with E-state index < -0.39 is 5.79 Å². The topological polar surface area (TPSA) is 74.6 Å². The first kappa shape index (κ1) is 33.5. The van der Waals surface area contributed by atoms with Crippen LogP contribution in [0, 0.1) is 74.9 Å². The van der Waals surface area contributed by atoms with E-state index in [9.17, 15) is 19.8 Å². The first-order valence-corrected chi connectivity index (χ1v) is 19.9. The Morgan fingerprint density at radius 3 is 2.15 bits per heavy atom. The zero-order chi connectivity index (χ0) is 32.9. The maximum atomic E-state index is 12.1. The van der Waals surface area contributed by atoms with Gasteiger partial charge in [-0.3, -0.25) is 9.59 Å². The Kier molecular flexibility index (Phi) is 8.40. The molecule has 8 aliphatic rings. The second-order valence-corrected chi connectivity index (χ2v) is 19.1. The van der Waals surface area contributed by atoms with E-state index in [0.717, 1.165) is 67.6 Å². The molecule has 0 aromatic carbocycles. The Morgan fingerprint density at radius 2 is 1.41 bits per heavy atom. The van der Waals surface area contributed by atoms with Gasteiger partial charge in [0.05, 0.1) is 0 Å². The normalized spacial score (nSPS) is 52.0. The molecule has 46 heavy (non-hydrogen) atoms. The van der Waals surface area contributed by atoms with Crippen molar-refractivity contribution in [1.82, 2.24) is 0 Å². The number of ketones is 2. The highest BCUT2D eigenvalue weighted by Crippen LogP contribution is 2.70. The van der Waals surface area contributed by atoms with Crippen LogP contribution >= 0.6 is 0 Å². The van der Waals surface area contributed by atoms with Gasteiger partial charge in [-0.1, -0.05) is 46.6 Å². The van der Waals surface area contributed by atoms with Crippen LogP contribution in [0.1, 0.15) is 157 Å². The maximum absolute atomic E-state index is 12.1. The van der Waals surface area contributed by atoms with E-state index >= 15 is 0 Å². The quantitative estimate of drug-likeness (QED) is 0.297. The van der Waals surface area contributed by atoms with Gasteiger partial charge in [-0.25, -0.2) is 0 Å². The van der Waals surface area contributed by atoms with E-state index in [1.54, 1.807) is 6.92 Å². The number of fused-ring (bicyclic) bond motifs is 10. The predicted molar refractivity (Wildman–Crippen MR) is 184 cm³/mol. The fourth-order valence-corrected chi connectivity index (χ4v) is 15.4. The van der Waals surface area contributed by atoms with Crippen molar-refractivity contribution in [3.63, 3.8) is 0 Å². The molecular weight excluding hydrogens is 568 g/mol. The summed E-state index contributed by atoms with van der Waals surface area (Å²) in [4.78, 5) is 24.0. The van der Waals surface area contributed by atoms with Gasteiger partial charge in [-0.2, -0.15) is 0 Å². The minimum atomic E-state index is -1.43. The SMILES string of the molecule is CC(=O)[C@H]1CC[C@H]2[C@@H]3CCC4=CC(=O)CC[C@]4(C)[C@H]3CC[C@]12C.CC[C@H]1CC[C@H]2[C@@H]3CC[C@@H]4CCCC(O)(O)[C@]4(C)[C@H]3CC[C@]12C. The largest absolute Gasteiger partial charge is 0.365 e. The summed E-state index contributed by atoms with van der Waals surface area (Å²) >= 11 is 0. The molecule has 0 aromatic heterocycles. The molecule has 0 aromatic rings. The number of allylic oxidation sites excluding steroid dienone is 1. The van der Waals surface area contributed by atoms with Crippen molar-refractivity contribution in [3.8, 4) is 0 Å². The van der Waals surface area contributed by atoms with E-state index in [1.165, 1.54) is 82.6 Å². The van der Waals surface area contributed by atoms with Gasteiger partial charge in [0.15, 0.2) is 11.6 Å². The summed E-state index contributed by atoms with van der Waals surface area (Å²) in [6, 6.07) is 0. The number of rotatable bonds is 2. The van der Waals surface area contributed by atoms with Crippen LogP contribution < -0.4 is 0 Å². The average molecular weight is 635 g/mol. The minimum absolute atomic E-state index is 0.245. The van der Waals surface area contributed by atoms with Crippen LogP contribution in [-0.4, -0.2) is 27.6 Å². The smallest absolute Gasteiger partial charge is 0.168 e. The molecule has 0 heterocycles. The second kappa shape index (κ2) is 11.5. The lowest BCUT2D eigenvalue weighted by atomic mass is 9.43. The molecule has 0 aliphatic heterocycles. The number of aliphatic hydroxyl groups is 2. The highest BCUT2D eigenvalue weighted by atomic mass is 16.5. The monoisotopic (exact) mass is 634 g/mol. The molecule has 0 amide bonds. The number of hydrogen-bond donors (Lipinski definition) is 2. The summed E-state index contributed by atoms with van der Waals surface area (Å²) in [5.74, 6) is 5.39. The number of carbonyl (C=O) groups excluding carboxylic acids is 2. The fraction of sp³-hybridized carbons (Fsp3) is 0.905. The Labute approximate surface area is 280 Å². The molecule has 7 saturated carbocycles. The molecule has 7 fully saturated rings. The molecule has 8 rings (SSSR count). The first-order valence-electron chi connectivity index (χ1n) is 19.9. The highest BCUT2D eigenvalue weighted by molar-refractivity contribution is 5.91. The molecule has 0 saturated heterocycles. The third kappa shape index (κ3) is 4.70. The average Bonchev–Trinajstić information content (AvgIpc) is 3.55. The maximum Gasteiger partial charge on any atom is 0.168 e. The molecule has 4 heteroatoms. The van der Waals surface area contributed by atoms with Crippen LogP contribution in [0.4, 0.5) is 0 Å². The molecular formula is C42H66O4. The van der Waals surface area contributed by atoms with Crippen molar-refractivity contribution >= 4 is 11.6 Å². The molecule has 0 spiro atoms. The van der Waals surface area contributed by atoms with E-state index in [4.69, 9.17) is 0 Å². The highest BCUT2D eigenvalue weighted by Gasteiger charge is 2.65. The third-order valence-electron chi connectivity index (χ3n) is 18.0. The van der Waals surface area contributed by atoms with Crippen LogP contribution in [0.5, 0.6) is 0 Å². The Hall–Kier alpha value is -1.00. The van der Waals surface area contributed by atoms with Gasteiger partial charge in [0.2, 0.25) is 0 Å². The third-order valence-corrected chi connectivity index (χ3v) is 18.0. The predicted octanol–water partition coefficient (Wildman–Crippen LogP) is 9.46. The molecule has 2 N–H and O–H groups in total. The molecule has 0 radical (unpaired) electrons. The standard InChI is InChI=1S/C21H30O2.C21H36O2/c1-13(22)17-6-7-18-16-5-4-14-12-15(23)8-10-20(14,2)19(16)9-11-21(17,18)3;1-4-14-8-10-17-16-9-7-15-6-5-12-21(22,23)20(15,3)18(16)11-13-19(14,17)2/h12,16-19H,4-11H2,1-3H3;14-18,22-23H,4-13H2,1-3H3/t16-,17+,18-,19-,20-,21+;14-,15-,16-,17-,18-,19+,20-/m00/s1. The van der Waals surface area contributed by atoms with E-state index in [2.05, 4.69) is 34.6 Å². The van der Waals surface area contributed by atoms with Gasteiger partial charge in [0, 0.05) is 24.2 Å². The van der Waals surface area contributed by atoms with Crippen molar-refractivity contribution in [2.24, 2.45) is 74.9 Å². The van der Waals surface area contributed by atoms with E-state index in [0.29, 0.717) is 41.2 Å². The molecule has 0 bridgehead atoms. The van der Waals surface area contributed by atoms with Crippen molar-refractivity contribution in [2.45, 2.75) is 163 Å². The zero-order valence-corrected chi connectivity index (χ0v) is 30.2. The summed E-state index contributed by atoms with van der Waals surface area (Å²) in [6.45, 7) is 13.8. The molecule has 8 aliphatic carbocycles. The van der Waals surface area contributed by atoms with Crippen LogP contribution in [0.15, 0.2) is 11.6 Å². The van der Waals surface area contributed by atoms with Crippen molar-refractivity contribution in [3.05, 3.63) is 11.6 Å². The number of carbonyl (C=O) groups is 2. The number of Topliss-reactive ketones (excluding diaryl/α,β-unsaturated/α-hetero) is 1. The van der Waals surface area contributed by atoms with Gasteiger partial charge in [0.25, 0.3) is 0 Å². The minimum Gasteiger partial charge on any atom is -0.365 e. The molecule has 0 unspecified atom stereocenters. The van der Waals surface area contributed by atoms with Crippen LogP contribution in [0.2, 0.25) is 0 Å². The van der Waals surface area contributed by atoms with Gasteiger partial charge in [-0.05, 0) is 173 Å². The van der Waals surface area contributed by atoms with Crippen molar-refractivity contribution in [1.29, 1.82) is 0 Å². The van der Waals surface area contributed by atoms with Crippen LogP contribution in [0.3, 0.4) is 0 Å². The van der Waals surface area contributed by atoms with Crippen molar-refractivity contribution in [2.75, 3.05) is 0 Å². The lowest BCUT2D eigenvalue weighted by Gasteiger charge is -2.63. The summed E-state index contributed by atoms with van der Waals surface area (Å²) in [5.41, 5.74) is 2.21. The summed E-state index contributed by atoms with van der Waals surface area (Å²) in [7, 11) is 0. The van der Waals surface area contributed by atoms with Gasteiger partial charge < -0.3 is 10.2 Å². The summed E-state index contributed by atoms with van der Waals surface area (Å²) in [5, 5.41) is 21.9. The Morgan fingerprint density at radius 1 is 0.739 bits per heavy atom. The zero-order valence-electron chi connectivity index (χ0n) is 30.2. The molecule has 13 atom stereocenters. The van der Waals surface area contributed by atoms with E-state index in [1.807, 2.05) is 6.08 Å². The Bertz CT molecular complexity index is 1250. The van der Waals surface area contributed by atoms with Gasteiger partial charge >= 0.3 is 0 Å². The lowest BCUT2D eigenvalue weighted by molar-refractivity contribution is -0.313. The summed E-state index contributed by atoms with van der Waals surface area (Å²) < 4.78 is 0. The van der Waals surface area contributed by atoms with Gasteiger partial charge in [0.1, 0.15) is 5.78 Å². The number of hydrogen-bond acceptors (Lipinski definition) is 4. The fourth-order valence-electron chi connectivity index (χ4n) is 15.4. The van der Waals surface area contributed by atoms with Crippen LogP contribution in [-0.2, 0) is 9.59 Å². The van der Waals surface area contributed by atoms with Crippen LogP contribution in [0.25, 0.3) is 0 Å².